The molecule has 136 valence electrons. The van der Waals surface area contributed by atoms with Gasteiger partial charge in [-0.05, 0) is 12.0 Å². The first-order valence-corrected chi connectivity index (χ1v) is 8.95. The fraction of sp³-hybridized carbons (Fsp3) is 0.312. The number of nitrogens with zero attached hydrogens (tertiary/aromatic N) is 4. The summed E-state index contributed by atoms with van der Waals surface area (Å²) in [6.07, 6.45) is 1.88. The van der Waals surface area contributed by atoms with Gasteiger partial charge in [0.05, 0.1) is 5.75 Å². The van der Waals surface area contributed by atoms with Gasteiger partial charge in [0, 0.05) is 7.05 Å². The molecule has 9 nitrogen and oxygen atoms in total. The minimum Gasteiger partial charge on any atom is -0.318 e. The number of thioether (sulfide) groups is 1. The van der Waals surface area contributed by atoms with Crippen LogP contribution in [0.4, 0.5) is 4.79 Å². The van der Waals surface area contributed by atoms with Gasteiger partial charge in [0.25, 0.3) is 5.91 Å². The monoisotopic (exact) mass is 374 g/mol. The number of hydrogen-bond acceptors (Lipinski definition) is 6. The van der Waals surface area contributed by atoms with Crippen molar-refractivity contribution in [2.75, 3.05) is 5.75 Å². The SMILES string of the molecule is CCC1(c2ccccc2)NC(=O)N(NC(=O)CSc2nncn2C)C1=O. The minimum absolute atomic E-state index is 0.00590. The standard InChI is InChI=1S/C16H18N6O3S/c1-3-16(11-7-5-4-6-8-11)13(24)22(14(25)18-16)20-12(23)9-26-15-19-17-10-21(15)2/h4-8,10H,3,9H2,1-2H3,(H,18,25)(H,20,23). The second kappa shape index (κ2) is 7.16. The lowest BCUT2D eigenvalue weighted by Gasteiger charge is -2.25. The van der Waals surface area contributed by atoms with Gasteiger partial charge in [-0.25, -0.2) is 4.79 Å². The molecule has 10 heteroatoms. The van der Waals surface area contributed by atoms with Gasteiger partial charge in [0.1, 0.15) is 11.9 Å². The molecule has 1 aliphatic rings. The molecule has 1 unspecified atom stereocenters. The third-order valence-corrected chi connectivity index (χ3v) is 5.16. The second-order valence-corrected chi connectivity index (χ2v) is 6.69. The number of hydrazine groups is 1. The van der Waals surface area contributed by atoms with Crippen molar-refractivity contribution in [3.05, 3.63) is 42.2 Å². The van der Waals surface area contributed by atoms with Gasteiger partial charge in [-0.3, -0.25) is 15.0 Å². The van der Waals surface area contributed by atoms with E-state index < -0.39 is 23.4 Å². The molecule has 0 saturated carbocycles. The van der Waals surface area contributed by atoms with Crippen LogP contribution in [0.25, 0.3) is 0 Å². The molecule has 2 heterocycles. The molecular formula is C16H18N6O3S. The molecule has 0 radical (unpaired) electrons. The molecule has 1 aromatic heterocycles. The minimum atomic E-state index is -1.18. The summed E-state index contributed by atoms with van der Waals surface area (Å²) in [5.74, 6) is -0.997. The van der Waals surface area contributed by atoms with Crippen molar-refractivity contribution < 1.29 is 14.4 Å². The van der Waals surface area contributed by atoms with Gasteiger partial charge >= 0.3 is 6.03 Å². The molecule has 3 rings (SSSR count). The van der Waals surface area contributed by atoms with Gasteiger partial charge < -0.3 is 9.88 Å². The third-order valence-electron chi connectivity index (χ3n) is 4.13. The zero-order valence-corrected chi connectivity index (χ0v) is 15.1. The van der Waals surface area contributed by atoms with Crippen molar-refractivity contribution in [2.45, 2.75) is 24.0 Å². The number of urea groups is 1. The van der Waals surface area contributed by atoms with Gasteiger partial charge in [0.2, 0.25) is 5.91 Å². The molecular weight excluding hydrogens is 356 g/mol. The third kappa shape index (κ3) is 3.15. The summed E-state index contributed by atoms with van der Waals surface area (Å²) in [7, 11) is 1.76. The van der Waals surface area contributed by atoms with Crippen LogP contribution in [-0.4, -0.2) is 43.4 Å². The van der Waals surface area contributed by atoms with E-state index in [1.807, 2.05) is 6.07 Å². The number of aryl methyl sites for hydroxylation is 1. The summed E-state index contributed by atoms with van der Waals surface area (Å²) in [6, 6.07) is 8.32. The van der Waals surface area contributed by atoms with Crippen LogP contribution in [-0.2, 0) is 22.2 Å². The summed E-state index contributed by atoms with van der Waals surface area (Å²) < 4.78 is 1.67. The van der Waals surface area contributed by atoms with Crippen LogP contribution in [0, 0.1) is 0 Å². The van der Waals surface area contributed by atoms with Gasteiger partial charge in [-0.1, -0.05) is 49.0 Å². The van der Waals surface area contributed by atoms with Crippen LogP contribution in [0.5, 0.6) is 0 Å². The highest BCUT2D eigenvalue weighted by molar-refractivity contribution is 7.99. The average molecular weight is 374 g/mol. The van der Waals surface area contributed by atoms with Crippen molar-refractivity contribution in [3.8, 4) is 0 Å². The maximum atomic E-state index is 12.9. The Bertz CT molecular complexity index is 840. The fourth-order valence-electron chi connectivity index (χ4n) is 2.73. The molecule has 2 N–H and O–H groups in total. The maximum absolute atomic E-state index is 12.9. The Kier molecular flexibility index (Phi) is 4.94. The van der Waals surface area contributed by atoms with E-state index >= 15 is 0 Å². The Morgan fingerprint density at radius 1 is 1.31 bits per heavy atom. The molecule has 2 aromatic rings. The topological polar surface area (TPSA) is 109 Å². The van der Waals surface area contributed by atoms with E-state index in [0.29, 0.717) is 17.1 Å². The first-order valence-electron chi connectivity index (χ1n) is 7.96. The zero-order valence-electron chi connectivity index (χ0n) is 14.3. The van der Waals surface area contributed by atoms with E-state index in [9.17, 15) is 14.4 Å². The van der Waals surface area contributed by atoms with E-state index in [4.69, 9.17) is 0 Å². The van der Waals surface area contributed by atoms with Crippen molar-refractivity contribution in [3.63, 3.8) is 0 Å². The molecule has 1 atom stereocenters. The van der Waals surface area contributed by atoms with E-state index in [-0.39, 0.29) is 5.75 Å². The number of aromatic nitrogens is 3. The maximum Gasteiger partial charge on any atom is 0.344 e. The summed E-state index contributed by atoms with van der Waals surface area (Å²) in [5, 5.41) is 11.6. The van der Waals surface area contributed by atoms with E-state index in [1.54, 1.807) is 42.8 Å². The smallest absolute Gasteiger partial charge is 0.318 e. The number of imide groups is 1. The molecule has 26 heavy (non-hydrogen) atoms. The molecule has 0 spiro atoms. The first kappa shape index (κ1) is 17.9. The van der Waals surface area contributed by atoms with Crippen LogP contribution in [0.1, 0.15) is 18.9 Å². The quantitative estimate of drug-likeness (QED) is 0.572. The van der Waals surface area contributed by atoms with E-state index in [1.165, 1.54) is 6.33 Å². The Morgan fingerprint density at radius 3 is 2.65 bits per heavy atom. The first-order chi connectivity index (χ1) is 12.5. The van der Waals surface area contributed by atoms with Crippen LogP contribution in [0.2, 0.25) is 0 Å². The number of rotatable bonds is 6. The predicted molar refractivity (Wildman–Crippen MR) is 93.7 cm³/mol. The largest absolute Gasteiger partial charge is 0.344 e. The van der Waals surface area contributed by atoms with E-state index in [2.05, 4.69) is 20.9 Å². The molecule has 1 fully saturated rings. The number of carbonyl (C=O) groups excluding carboxylic acids is 3. The number of carbonyl (C=O) groups is 3. The zero-order chi connectivity index (χ0) is 18.7. The highest BCUT2D eigenvalue weighted by Crippen LogP contribution is 2.31. The molecule has 1 saturated heterocycles. The van der Waals surface area contributed by atoms with Crippen LogP contribution in [0.3, 0.4) is 0 Å². The van der Waals surface area contributed by atoms with E-state index in [0.717, 1.165) is 16.8 Å². The lowest BCUT2D eigenvalue weighted by Crippen LogP contribution is -2.49. The predicted octanol–water partition coefficient (Wildman–Crippen LogP) is 0.796. The summed E-state index contributed by atoms with van der Waals surface area (Å²) in [6.45, 7) is 1.81. The molecule has 4 amide bonds. The van der Waals surface area contributed by atoms with Gasteiger partial charge in [-0.2, -0.15) is 5.01 Å². The summed E-state index contributed by atoms with van der Waals surface area (Å²) in [4.78, 5) is 37.4. The van der Waals surface area contributed by atoms with Gasteiger partial charge in [-0.15, -0.1) is 10.2 Å². The second-order valence-electron chi connectivity index (χ2n) is 5.74. The lowest BCUT2D eigenvalue weighted by molar-refractivity contribution is -0.138. The van der Waals surface area contributed by atoms with Crippen molar-refractivity contribution in [1.82, 2.24) is 30.5 Å². The number of hydrogen-bond donors (Lipinski definition) is 2. The summed E-state index contributed by atoms with van der Waals surface area (Å²) in [5.41, 5.74) is 1.87. The number of benzene rings is 1. The average Bonchev–Trinajstić information content (AvgIpc) is 3.17. The fourth-order valence-corrected chi connectivity index (χ4v) is 3.41. The van der Waals surface area contributed by atoms with Crippen LogP contribution >= 0.6 is 11.8 Å². The van der Waals surface area contributed by atoms with Crippen molar-refractivity contribution >= 4 is 29.6 Å². The van der Waals surface area contributed by atoms with Gasteiger partial charge in [0.15, 0.2) is 5.16 Å². The number of nitrogens with one attached hydrogen (secondary N) is 2. The summed E-state index contributed by atoms with van der Waals surface area (Å²) >= 11 is 1.16. The molecule has 0 bridgehead atoms. The molecule has 0 aliphatic carbocycles. The Balaban J connectivity index is 1.71. The highest BCUT2D eigenvalue weighted by Gasteiger charge is 2.52. The van der Waals surface area contributed by atoms with Crippen molar-refractivity contribution in [2.24, 2.45) is 7.05 Å². The molecule has 1 aromatic carbocycles. The van der Waals surface area contributed by atoms with Crippen molar-refractivity contribution in [1.29, 1.82) is 0 Å². The van der Waals surface area contributed by atoms with Crippen LogP contribution in [0.15, 0.2) is 41.8 Å². The van der Waals surface area contributed by atoms with Crippen LogP contribution < -0.4 is 10.7 Å². The lowest BCUT2D eigenvalue weighted by atomic mass is 9.87. The Labute approximate surface area is 154 Å². The number of amides is 4. The molecule has 1 aliphatic heterocycles. The highest BCUT2D eigenvalue weighted by atomic mass is 32.2. The Morgan fingerprint density at radius 2 is 2.04 bits per heavy atom. The normalized spacial score (nSPS) is 19.5. The Hall–Kier alpha value is -2.88.